The molecule has 0 fully saturated rings. The molecule has 4 N–H and O–H groups in total. The summed E-state index contributed by atoms with van der Waals surface area (Å²) in [5.41, 5.74) is 5.64. The molecule has 8 heteroatoms. The molecule has 0 bridgehead atoms. The largest absolute Gasteiger partial charge is 0.393 e. The maximum atomic E-state index is 9.16. The molecule has 1 unspecified atom stereocenters. The predicted molar refractivity (Wildman–Crippen MR) is 70.8 cm³/mol. The summed E-state index contributed by atoms with van der Waals surface area (Å²) < 4.78 is 1.65. The molecule has 0 spiro atoms. The summed E-state index contributed by atoms with van der Waals surface area (Å²) >= 11 is 0. The fourth-order valence-corrected chi connectivity index (χ4v) is 1.55. The lowest BCUT2D eigenvalue weighted by atomic mass is 10.2. The number of nitrogens with two attached hydrogens (primary N) is 1. The highest BCUT2D eigenvalue weighted by atomic mass is 16.3. The van der Waals surface area contributed by atoms with Gasteiger partial charge in [-0.05, 0) is 19.8 Å². The Hall–Kier alpha value is -2.22. The van der Waals surface area contributed by atoms with Crippen molar-refractivity contribution in [1.82, 2.24) is 24.5 Å². The van der Waals surface area contributed by atoms with Crippen molar-refractivity contribution >= 4 is 11.9 Å². The highest BCUT2D eigenvalue weighted by Crippen LogP contribution is 2.07. The van der Waals surface area contributed by atoms with Crippen LogP contribution in [0.1, 0.15) is 19.8 Å². The van der Waals surface area contributed by atoms with Gasteiger partial charge in [-0.25, -0.2) is 4.98 Å². The second kappa shape index (κ2) is 6.10. The normalized spacial score (nSPS) is 12.3. The molecule has 2 heterocycles. The van der Waals surface area contributed by atoms with Crippen LogP contribution in [0.2, 0.25) is 0 Å². The maximum Gasteiger partial charge on any atom is 0.241 e. The summed E-state index contributed by atoms with van der Waals surface area (Å²) in [6.45, 7) is 2.43. The monoisotopic (exact) mass is 263 g/mol. The van der Waals surface area contributed by atoms with E-state index in [4.69, 9.17) is 10.8 Å². The molecule has 1 atom stereocenters. The van der Waals surface area contributed by atoms with Crippen molar-refractivity contribution in [2.45, 2.75) is 25.9 Å². The summed E-state index contributed by atoms with van der Waals surface area (Å²) in [6.07, 6.45) is 6.20. The number of imidazole rings is 1. The van der Waals surface area contributed by atoms with E-state index in [2.05, 4.69) is 25.3 Å². The van der Waals surface area contributed by atoms with E-state index in [9.17, 15) is 0 Å². The number of aromatic nitrogens is 5. The Balaban J connectivity index is 2.01. The van der Waals surface area contributed by atoms with Crippen molar-refractivity contribution in [1.29, 1.82) is 0 Å². The number of anilines is 2. The first kappa shape index (κ1) is 13.2. The Bertz CT molecular complexity index is 512. The van der Waals surface area contributed by atoms with E-state index in [1.54, 1.807) is 30.2 Å². The first-order chi connectivity index (χ1) is 9.15. The van der Waals surface area contributed by atoms with Crippen molar-refractivity contribution in [2.24, 2.45) is 0 Å². The van der Waals surface area contributed by atoms with Gasteiger partial charge in [0.05, 0.1) is 6.10 Å². The number of nitrogens with one attached hydrogen (secondary N) is 1. The molecule has 2 aromatic rings. The zero-order valence-electron chi connectivity index (χ0n) is 10.7. The molecule has 0 aliphatic heterocycles. The highest BCUT2D eigenvalue weighted by molar-refractivity contribution is 5.34. The fourth-order valence-electron chi connectivity index (χ4n) is 1.55. The van der Waals surface area contributed by atoms with Crippen LogP contribution in [0.5, 0.6) is 0 Å². The summed E-state index contributed by atoms with van der Waals surface area (Å²) in [7, 11) is 0. The lowest BCUT2D eigenvalue weighted by molar-refractivity contribution is 0.183. The second-order valence-corrected chi connectivity index (χ2v) is 4.21. The maximum absolute atomic E-state index is 9.16. The van der Waals surface area contributed by atoms with Gasteiger partial charge < -0.3 is 16.2 Å². The summed E-state index contributed by atoms with van der Waals surface area (Å²) in [4.78, 5) is 16.2. The van der Waals surface area contributed by atoms with Gasteiger partial charge in [0.25, 0.3) is 0 Å². The van der Waals surface area contributed by atoms with Crippen LogP contribution in [-0.2, 0) is 0 Å². The molecule has 0 radical (unpaired) electrons. The lowest BCUT2D eigenvalue weighted by Crippen LogP contribution is -2.12. The van der Waals surface area contributed by atoms with E-state index in [1.807, 2.05) is 0 Å². The highest BCUT2D eigenvalue weighted by Gasteiger charge is 2.05. The van der Waals surface area contributed by atoms with Crippen LogP contribution in [0.25, 0.3) is 5.95 Å². The molecule has 2 aromatic heterocycles. The third-order valence-corrected chi connectivity index (χ3v) is 2.46. The van der Waals surface area contributed by atoms with Crippen LogP contribution in [0, 0.1) is 0 Å². The zero-order valence-corrected chi connectivity index (χ0v) is 10.7. The minimum absolute atomic E-state index is 0.150. The number of rotatable bonds is 6. The van der Waals surface area contributed by atoms with Gasteiger partial charge >= 0.3 is 0 Å². The number of nitrogen functional groups attached to an aromatic ring is 1. The van der Waals surface area contributed by atoms with Gasteiger partial charge in [0.15, 0.2) is 0 Å². The number of aliphatic hydroxyl groups is 1. The molecule has 0 amide bonds. The van der Waals surface area contributed by atoms with E-state index in [0.29, 0.717) is 18.4 Å². The van der Waals surface area contributed by atoms with Crippen molar-refractivity contribution in [3.63, 3.8) is 0 Å². The Labute approximate surface area is 110 Å². The van der Waals surface area contributed by atoms with Crippen LogP contribution >= 0.6 is 0 Å². The van der Waals surface area contributed by atoms with Gasteiger partial charge in [0, 0.05) is 18.9 Å². The molecule has 0 saturated heterocycles. The molecular formula is C11H17N7O. The van der Waals surface area contributed by atoms with Crippen molar-refractivity contribution in [3.05, 3.63) is 18.7 Å². The molecular weight excluding hydrogens is 246 g/mol. The van der Waals surface area contributed by atoms with Crippen LogP contribution in [0.15, 0.2) is 18.7 Å². The number of aliphatic hydroxyl groups excluding tert-OH is 1. The van der Waals surface area contributed by atoms with Gasteiger partial charge in [0.2, 0.25) is 17.8 Å². The molecule has 0 saturated carbocycles. The van der Waals surface area contributed by atoms with Crippen molar-refractivity contribution in [3.8, 4) is 5.95 Å². The zero-order chi connectivity index (χ0) is 13.7. The Morgan fingerprint density at radius 1 is 1.42 bits per heavy atom. The quantitative estimate of drug-likeness (QED) is 0.638. The Kier molecular flexibility index (Phi) is 4.24. The SMILES string of the molecule is CC(O)CCCNc1nc(N)nc(-n2ccnc2)n1. The topological polar surface area (TPSA) is 115 Å². The smallest absolute Gasteiger partial charge is 0.241 e. The summed E-state index contributed by atoms with van der Waals surface area (Å²) in [6, 6.07) is 0. The number of hydrogen-bond donors (Lipinski definition) is 3. The molecule has 0 aliphatic carbocycles. The van der Waals surface area contributed by atoms with Crippen LogP contribution in [-0.4, -0.2) is 42.3 Å². The van der Waals surface area contributed by atoms with E-state index in [0.717, 1.165) is 12.8 Å². The first-order valence-electron chi connectivity index (χ1n) is 6.07. The number of nitrogens with zero attached hydrogens (tertiary/aromatic N) is 5. The van der Waals surface area contributed by atoms with Gasteiger partial charge in [-0.15, -0.1) is 0 Å². The van der Waals surface area contributed by atoms with Crippen LogP contribution < -0.4 is 11.1 Å². The third kappa shape index (κ3) is 3.88. The lowest BCUT2D eigenvalue weighted by Gasteiger charge is -2.08. The van der Waals surface area contributed by atoms with Crippen molar-refractivity contribution in [2.75, 3.05) is 17.6 Å². The van der Waals surface area contributed by atoms with E-state index < -0.39 is 0 Å². The van der Waals surface area contributed by atoms with Crippen molar-refractivity contribution < 1.29 is 5.11 Å². The average Bonchev–Trinajstić information content (AvgIpc) is 2.87. The van der Waals surface area contributed by atoms with Gasteiger partial charge in [-0.1, -0.05) is 0 Å². The van der Waals surface area contributed by atoms with Crippen LogP contribution in [0.4, 0.5) is 11.9 Å². The summed E-state index contributed by atoms with van der Waals surface area (Å²) in [5, 5.41) is 12.2. The van der Waals surface area contributed by atoms with Crippen LogP contribution in [0.3, 0.4) is 0 Å². The standard InChI is InChI=1S/C11H17N7O/c1-8(19)3-2-4-14-10-15-9(12)16-11(17-10)18-6-5-13-7-18/h5-8,19H,2-4H2,1H3,(H3,12,14,15,16,17). The summed E-state index contributed by atoms with van der Waals surface area (Å²) in [5.74, 6) is 0.988. The first-order valence-corrected chi connectivity index (χ1v) is 6.07. The van der Waals surface area contributed by atoms with E-state index >= 15 is 0 Å². The second-order valence-electron chi connectivity index (χ2n) is 4.21. The van der Waals surface area contributed by atoms with Gasteiger partial charge in [-0.2, -0.15) is 15.0 Å². The average molecular weight is 263 g/mol. The Morgan fingerprint density at radius 3 is 2.95 bits per heavy atom. The molecule has 8 nitrogen and oxygen atoms in total. The number of hydrogen-bond acceptors (Lipinski definition) is 7. The van der Waals surface area contributed by atoms with Gasteiger partial charge in [0.1, 0.15) is 6.33 Å². The Morgan fingerprint density at radius 2 is 2.26 bits per heavy atom. The molecule has 2 rings (SSSR count). The molecule has 102 valence electrons. The minimum Gasteiger partial charge on any atom is -0.393 e. The molecule has 0 aromatic carbocycles. The third-order valence-electron chi connectivity index (χ3n) is 2.46. The molecule has 19 heavy (non-hydrogen) atoms. The minimum atomic E-state index is -0.299. The van der Waals surface area contributed by atoms with E-state index in [-0.39, 0.29) is 12.1 Å². The predicted octanol–water partition coefficient (Wildman–Crippen LogP) is 0.212. The fraction of sp³-hybridized carbons (Fsp3) is 0.455. The van der Waals surface area contributed by atoms with E-state index in [1.165, 1.54) is 0 Å². The molecule has 0 aliphatic rings. The van der Waals surface area contributed by atoms with Gasteiger partial charge in [-0.3, -0.25) is 4.57 Å².